The summed E-state index contributed by atoms with van der Waals surface area (Å²) in [6.07, 6.45) is 0. The molecule has 0 bridgehead atoms. The van der Waals surface area contributed by atoms with Crippen molar-refractivity contribution in [3.05, 3.63) is 133 Å². The van der Waals surface area contributed by atoms with Gasteiger partial charge in [0.2, 0.25) is 5.95 Å². The fourth-order valence-electron chi connectivity index (χ4n) is 6.17. The van der Waals surface area contributed by atoms with Gasteiger partial charge in [0.05, 0.1) is 11.0 Å². The van der Waals surface area contributed by atoms with E-state index >= 15 is 0 Å². The van der Waals surface area contributed by atoms with Crippen molar-refractivity contribution in [3.63, 3.8) is 0 Å². The Bertz CT molecular complexity index is 2400. The summed E-state index contributed by atoms with van der Waals surface area (Å²) < 4.78 is 4.79. The first-order valence-electron chi connectivity index (χ1n) is 14.0. The standard InChI is InChI=1S/C37H22N4S/c1-3-12-24(13-4-1)35-38-36(25-14-5-2-6-15-25)40-37(39-35)41-29-18-10-9-17-27(29)33-30(41)21-20-28-32-26-16-8-7-11-23(26)19-22-31(32)42-34(28)33/h1-22H. The molecule has 9 aromatic rings. The maximum Gasteiger partial charge on any atom is 0.238 e. The molecule has 0 saturated carbocycles. The van der Waals surface area contributed by atoms with E-state index in [2.05, 4.69) is 77.4 Å². The van der Waals surface area contributed by atoms with Crippen LogP contribution in [-0.4, -0.2) is 19.5 Å². The molecule has 0 amide bonds. The first-order chi connectivity index (χ1) is 20.8. The molecule has 9 rings (SSSR count). The molecule has 0 unspecified atom stereocenters. The van der Waals surface area contributed by atoms with Gasteiger partial charge in [-0.05, 0) is 29.0 Å². The zero-order chi connectivity index (χ0) is 27.6. The van der Waals surface area contributed by atoms with Gasteiger partial charge in [0.1, 0.15) is 0 Å². The lowest BCUT2D eigenvalue weighted by Crippen LogP contribution is -2.06. The largest absolute Gasteiger partial charge is 0.278 e. The minimum atomic E-state index is 0.611. The SMILES string of the molecule is c1ccc(-c2nc(-c3ccccc3)nc(-n3c4ccccc4c4c5sc6ccc7ccccc7c6c5ccc43)n2)cc1. The Hall–Kier alpha value is -5.39. The number of hydrogen-bond acceptors (Lipinski definition) is 4. The number of nitrogens with zero attached hydrogens (tertiary/aromatic N) is 4. The summed E-state index contributed by atoms with van der Waals surface area (Å²) in [5, 5.41) is 7.59. The van der Waals surface area contributed by atoms with Crippen LogP contribution in [0.1, 0.15) is 0 Å². The van der Waals surface area contributed by atoms with E-state index in [9.17, 15) is 0 Å². The topological polar surface area (TPSA) is 43.6 Å². The van der Waals surface area contributed by atoms with Crippen molar-refractivity contribution in [1.82, 2.24) is 19.5 Å². The zero-order valence-electron chi connectivity index (χ0n) is 22.4. The number of thiophene rings is 1. The van der Waals surface area contributed by atoms with Crippen LogP contribution < -0.4 is 0 Å². The first-order valence-corrected chi connectivity index (χ1v) is 14.8. The molecule has 0 atom stereocenters. The molecule has 196 valence electrons. The molecule has 3 heterocycles. The Morgan fingerprint density at radius 2 is 1.10 bits per heavy atom. The lowest BCUT2D eigenvalue weighted by Gasteiger charge is -2.10. The van der Waals surface area contributed by atoms with Gasteiger partial charge in [0.25, 0.3) is 0 Å². The fraction of sp³-hybridized carbons (Fsp3) is 0. The van der Waals surface area contributed by atoms with E-state index in [0.717, 1.165) is 22.2 Å². The van der Waals surface area contributed by atoms with Crippen molar-refractivity contribution in [2.24, 2.45) is 0 Å². The Balaban J connectivity index is 1.40. The second-order valence-corrected chi connectivity index (χ2v) is 11.5. The van der Waals surface area contributed by atoms with E-state index in [1.54, 1.807) is 0 Å². The van der Waals surface area contributed by atoms with Gasteiger partial charge in [-0.25, -0.2) is 4.98 Å². The van der Waals surface area contributed by atoms with E-state index < -0.39 is 0 Å². The van der Waals surface area contributed by atoms with Crippen molar-refractivity contribution >= 4 is 64.1 Å². The summed E-state index contributed by atoms with van der Waals surface area (Å²) in [6.45, 7) is 0. The van der Waals surface area contributed by atoms with Crippen LogP contribution in [0, 0.1) is 0 Å². The molecule has 4 nitrogen and oxygen atoms in total. The maximum atomic E-state index is 5.08. The average molecular weight is 555 g/mol. The van der Waals surface area contributed by atoms with E-state index in [0.29, 0.717) is 17.6 Å². The minimum Gasteiger partial charge on any atom is -0.278 e. The van der Waals surface area contributed by atoms with Crippen LogP contribution in [0.4, 0.5) is 0 Å². The Labute approximate surface area is 245 Å². The van der Waals surface area contributed by atoms with Gasteiger partial charge < -0.3 is 0 Å². The van der Waals surface area contributed by atoms with Crippen LogP contribution in [0.15, 0.2) is 133 Å². The summed E-state index contributed by atoms with van der Waals surface area (Å²) in [5.74, 6) is 1.92. The smallest absolute Gasteiger partial charge is 0.238 e. The van der Waals surface area contributed by atoms with Gasteiger partial charge in [0, 0.05) is 42.1 Å². The number of fused-ring (bicyclic) bond motifs is 9. The molecule has 0 N–H and O–H groups in total. The highest BCUT2D eigenvalue weighted by Gasteiger charge is 2.21. The van der Waals surface area contributed by atoms with Crippen LogP contribution in [-0.2, 0) is 0 Å². The van der Waals surface area contributed by atoms with Gasteiger partial charge in [-0.1, -0.05) is 115 Å². The van der Waals surface area contributed by atoms with E-state index in [4.69, 9.17) is 15.0 Å². The van der Waals surface area contributed by atoms with Gasteiger partial charge in [0.15, 0.2) is 11.6 Å². The van der Waals surface area contributed by atoms with Crippen molar-refractivity contribution in [2.75, 3.05) is 0 Å². The Morgan fingerprint density at radius 3 is 1.83 bits per heavy atom. The lowest BCUT2D eigenvalue weighted by molar-refractivity contribution is 0.953. The van der Waals surface area contributed by atoms with Gasteiger partial charge in [-0.3, -0.25) is 4.57 Å². The Kier molecular flexibility index (Phi) is 5.03. The second-order valence-electron chi connectivity index (χ2n) is 10.5. The molecule has 5 heteroatoms. The normalized spacial score (nSPS) is 11.8. The predicted molar refractivity (Wildman–Crippen MR) is 175 cm³/mol. The molecule has 0 spiro atoms. The predicted octanol–water partition coefficient (Wildman–Crippen LogP) is 9.82. The molecule has 3 aromatic heterocycles. The molecular weight excluding hydrogens is 533 g/mol. The highest BCUT2D eigenvalue weighted by atomic mass is 32.1. The third kappa shape index (κ3) is 3.44. The maximum absolute atomic E-state index is 5.08. The number of aromatic nitrogens is 4. The summed E-state index contributed by atoms with van der Waals surface area (Å²) in [7, 11) is 0. The van der Waals surface area contributed by atoms with Crippen LogP contribution >= 0.6 is 11.3 Å². The van der Waals surface area contributed by atoms with Crippen molar-refractivity contribution < 1.29 is 0 Å². The molecule has 0 fully saturated rings. The molecule has 42 heavy (non-hydrogen) atoms. The van der Waals surface area contributed by atoms with E-state index in [-0.39, 0.29) is 0 Å². The zero-order valence-corrected chi connectivity index (χ0v) is 23.2. The molecule has 0 radical (unpaired) electrons. The fourth-order valence-corrected chi connectivity index (χ4v) is 7.44. The summed E-state index contributed by atoms with van der Waals surface area (Å²) >= 11 is 1.86. The average Bonchev–Trinajstić information content (AvgIpc) is 3.61. The molecule has 0 aliphatic rings. The van der Waals surface area contributed by atoms with Gasteiger partial charge >= 0.3 is 0 Å². The molecule has 6 aromatic carbocycles. The van der Waals surface area contributed by atoms with E-state index in [1.807, 2.05) is 72.0 Å². The van der Waals surface area contributed by atoms with Gasteiger partial charge in [-0.15, -0.1) is 11.3 Å². The summed E-state index contributed by atoms with van der Waals surface area (Å²) in [4.78, 5) is 15.1. The second kappa shape index (κ2) is 9.06. The number of para-hydroxylation sites is 1. The minimum absolute atomic E-state index is 0.611. The summed E-state index contributed by atoms with van der Waals surface area (Å²) in [5.41, 5.74) is 4.08. The summed E-state index contributed by atoms with van der Waals surface area (Å²) in [6, 6.07) is 46.5. The van der Waals surface area contributed by atoms with Crippen molar-refractivity contribution in [1.29, 1.82) is 0 Å². The third-order valence-electron chi connectivity index (χ3n) is 8.05. The monoisotopic (exact) mass is 554 g/mol. The molecule has 0 saturated heterocycles. The quantitative estimate of drug-likeness (QED) is 0.218. The van der Waals surface area contributed by atoms with Crippen molar-refractivity contribution in [3.8, 4) is 28.7 Å². The van der Waals surface area contributed by atoms with E-state index in [1.165, 1.54) is 41.7 Å². The highest BCUT2D eigenvalue weighted by Crippen LogP contribution is 2.45. The van der Waals surface area contributed by atoms with Gasteiger partial charge in [-0.2, -0.15) is 9.97 Å². The third-order valence-corrected chi connectivity index (χ3v) is 9.24. The lowest BCUT2D eigenvalue weighted by atomic mass is 10.0. The molecule has 0 aliphatic heterocycles. The molecule has 0 aliphatic carbocycles. The van der Waals surface area contributed by atoms with Crippen LogP contribution in [0.2, 0.25) is 0 Å². The number of rotatable bonds is 3. The van der Waals surface area contributed by atoms with Crippen molar-refractivity contribution in [2.45, 2.75) is 0 Å². The van der Waals surface area contributed by atoms with Crippen LogP contribution in [0.5, 0.6) is 0 Å². The van der Waals surface area contributed by atoms with Crippen LogP contribution in [0.25, 0.3) is 81.5 Å². The highest BCUT2D eigenvalue weighted by molar-refractivity contribution is 7.27. The van der Waals surface area contributed by atoms with Crippen LogP contribution in [0.3, 0.4) is 0 Å². The first kappa shape index (κ1) is 23.3. The molecular formula is C37H22N4S. The Morgan fingerprint density at radius 1 is 0.452 bits per heavy atom. The number of benzene rings is 6. The number of hydrogen-bond donors (Lipinski definition) is 0.